The first kappa shape index (κ1) is 11.0. The first-order valence-corrected chi connectivity index (χ1v) is 6.27. The minimum atomic E-state index is -0.112. The first-order valence-electron chi connectivity index (χ1n) is 6.27. The van der Waals surface area contributed by atoms with E-state index in [1.165, 1.54) is 39.0 Å². The Morgan fingerprint density at radius 3 is 2.80 bits per heavy atom. The summed E-state index contributed by atoms with van der Waals surface area (Å²) in [6.45, 7) is 3.95. The summed E-state index contributed by atoms with van der Waals surface area (Å²) in [6, 6.07) is 0. The second kappa shape index (κ2) is 4.15. The molecule has 86 valence electrons. The molecule has 0 amide bonds. The van der Waals surface area contributed by atoms with Gasteiger partial charge in [-0.2, -0.15) is 0 Å². The molecular formula is C13H22O2. The van der Waals surface area contributed by atoms with E-state index in [1.54, 1.807) is 0 Å². The van der Waals surface area contributed by atoms with Crippen molar-refractivity contribution in [1.82, 2.24) is 0 Å². The van der Waals surface area contributed by atoms with Crippen LogP contribution in [0, 0.1) is 11.3 Å². The van der Waals surface area contributed by atoms with Crippen LogP contribution < -0.4 is 0 Å². The van der Waals surface area contributed by atoms with Crippen molar-refractivity contribution in [2.24, 2.45) is 11.3 Å². The fourth-order valence-electron chi connectivity index (χ4n) is 3.47. The van der Waals surface area contributed by atoms with Crippen LogP contribution in [0.25, 0.3) is 0 Å². The van der Waals surface area contributed by atoms with Gasteiger partial charge in [-0.15, -0.1) is 0 Å². The summed E-state index contributed by atoms with van der Waals surface area (Å²) >= 11 is 0. The quantitative estimate of drug-likeness (QED) is 0.621. The lowest BCUT2D eigenvalue weighted by Crippen LogP contribution is -2.39. The van der Waals surface area contributed by atoms with Gasteiger partial charge in [0, 0.05) is 6.92 Å². The molecule has 0 unspecified atom stereocenters. The van der Waals surface area contributed by atoms with Crippen molar-refractivity contribution in [3.8, 4) is 0 Å². The highest BCUT2D eigenvalue weighted by atomic mass is 16.5. The third-order valence-corrected chi connectivity index (χ3v) is 4.45. The molecule has 0 spiro atoms. The molecule has 0 heterocycles. The van der Waals surface area contributed by atoms with Gasteiger partial charge in [-0.3, -0.25) is 4.79 Å². The monoisotopic (exact) mass is 210 g/mol. The molecule has 15 heavy (non-hydrogen) atoms. The minimum absolute atomic E-state index is 0.112. The normalized spacial score (nSPS) is 40.7. The molecule has 2 fully saturated rings. The number of ether oxygens (including phenoxy) is 1. The zero-order valence-electron chi connectivity index (χ0n) is 9.92. The van der Waals surface area contributed by atoms with Crippen molar-refractivity contribution in [3.05, 3.63) is 0 Å². The van der Waals surface area contributed by atoms with Crippen LogP contribution in [-0.2, 0) is 9.53 Å². The Hall–Kier alpha value is -0.530. The molecule has 2 rings (SSSR count). The number of hydrogen-bond donors (Lipinski definition) is 0. The molecule has 0 aliphatic heterocycles. The summed E-state index contributed by atoms with van der Waals surface area (Å²) < 4.78 is 5.35. The van der Waals surface area contributed by atoms with Crippen molar-refractivity contribution >= 4 is 5.97 Å². The zero-order valence-corrected chi connectivity index (χ0v) is 9.92. The predicted molar refractivity (Wildman–Crippen MR) is 59.5 cm³/mol. The highest BCUT2D eigenvalue weighted by Gasteiger charge is 2.41. The van der Waals surface area contributed by atoms with E-state index in [0.29, 0.717) is 5.41 Å². The Balaban J connectivity index is 1.95. The minimum Gasteiger partial charge on any atom is -0.463 e. The number of rotatable bonds is 1. The number of fused-ring (bicyclic) bond motifs is 1. The van der Waals surface area contributed by atoms with Crippen molar-refractivity contribution in [2.75, 3.05) is 0 Å². The van der Waals surface area contributed by atoms with E-state index in [9.17, 15) is 4.79 Å². The topological polar surface area (TPSA) is 26.3 Å². The van der Waals surface area contributed by atoms with Gasteiger partial charge in [-0.25, -0.2) is 0 Å². The van der Waals surface area contributed by atoms with Gasteiger partial charge in [0.05, 0.1) is 0 Å². The average Bonchev–Trinajstić information content (AvgIpc) is 2.17. The van der Waals surface area contributed by atoms with Gasteiger partial charge in [0.25, 0.3) is 0 Å². The molecule has 0 saturated heterocycles. The fourth-order valence-corrected chi connectivity index (χ4v) is 3.47. The molecule has 2 aliphatic rings. The second-order valence-electron chi connectivity index (χ2n) is 5.60. The SMILES string of the molecule is CC(=O)O[C@@H]1CC[C@]2(C)CCCC[C@H]2C1. The summed E-state index contributed by atoms with van der Waals surface area (Å²) in [7, 11) is 0. The Morgan fingerprint density at radius 2 is 2.07 bits per heavy atom. The maximum atomic E-state index is 10.9. The van der Waals surface area contributed by atoms with E-state index < -0.39 is 0 Å². The number of carbonyl (C=O) groups is 1. The molecule has 2 aliphatic carbocycles. The van der Waals surface area contributed by atoms with Crippen LogP contribution >= 0.6 is 0 Å². The fraction of sp³-hybridized carbons (Fsp3) is 0.923. The van der Waals surface area contributed by atoms with E-state index >= 15 is 0 Å². The Bertz CT molecular complexity index is 249. The van der Waals surface area contributed by atoms with Gasteiger partial charge in [-0.1, -0.05) is 19.8 Å². The summed E-state index contributed by atoms with van der Waals surface area (Å²) in [6.07, 6.45) is 9.12. The van der Waals surface area contributed by atoms with Gasteiger partial charge >= 0.3 is 5.97 Å². The van der Waals surface area contributed by atoms with E-state index in [0.717, 1.165) is 18.8 Å². The molecule has 0 N–H and O–H groups in total. The molecule has 0 aromatic heterocycles. The highest BCUT2D eigenvalue weighted by Crippen LogP contribution is 2.50. The third-order valence-electron chi connectivity index (χ3n) is 4.45. The summed E-state index contributed by atoms with van der Waals surface area (Å²) in [5.41, 5.74) is 0.550. The van der Waals surface area contributed by atoms with E-state index in [-0.39, 0.29) is 12.1 Å². The smallest absolute Gasteiger partial charge is 0.302 e. The molecular weight excluding hydrogens is 188 g/mol. The molecule has 0 aromatic carbocycles. The highest BCUT2D eigenvalue weighted by molar-refractivity contribution is 5.66. The largest absolute Gasteiger partial charge is 0.463 e. The maximum absolute atomic E-state index is 10.9. The average molecular weight is 210 g/mol. The number of carbonyl (C=O) groups excluding carboxylic acids is 1. The van der Waals surface area contributed by atoms with Crippen LogP contribution in [0.5, 0.6) is 0 Å². The van der Waals surface area contributed by atoms with Crippen LogP contribution in [0.3, 0.4) is 0 Å². The van der Waals surface area contributed by atoms with E-state index in [2.05, 4.69) is 6.92 Å². The van der Waals surface area contributed by atoms with Gasteiger partial charge in [0.2, 0.25) is 0 Å². The zero-order chi connectivity index (χ0) is 10.9. The second-order valence-corrected chi connectivity index (χ2v) is 5.60. The lowest BCUT2D eigenvalue weighted by Gasteiger charge is -2.47. The van der Waals surface area contributed by atoms with Crippen LogP contribution in [-0.4, -0.2) is 12.1 Å². The molecule has 0 aromatic rings. The van der Waals surface area contributed by atoms with Crippen molar-refractivity contribution in [1.29, 1.82) is 0 Å². The summed E-state index contributed by atoms with van der Waals surface area (Å²) in [4.78, 5) is 10.9. The molecule has 3 atom stereocenters. The molecule has 0 bridgehead atoms. The van der Waals surface area contributed by atoms with Gasteiger partial charge in [0.1, 0.15) is 6.10 Å². The van der Waals surface area contributed by atoms with Gasteiger partial charge in [-0.05, 0) is 43.4 Å². The molecule has 0 radical (unpaired) electrons. The third kappa shape index (κ3) is 2.35. The van der Waals surface area contributed by atoms with E-state index in [4.69, 9.17) is 4.74 Å². The molecule has 2 saturated carbocycles. The Labute approximate surface area is 92.4 Å². The number of hydrogen-bond acceptors (Lipinski definition) is 2. The van der Waals surface area contributed by atoms with Crippen molar-refractivity contribution < 1.29 is 9.53 Å². The van der Waals surface area contributed by atoms with Crippen molar-refractivity contribution in [3.63, 3.8) is 0 Å². The first-order chi connectivity index (χ1) is 7.10. The Morgan fingerprint density at radius 1 is 1.27 bits per heavy atom. The lowest BCUT2D eigenvalue weighted by molar-refractivity contribution is -0.151. The molecule has 2 nitrogen and oxygen atoms in total. The van der Waals surface area contributed by atoms with Gasteiger partial charge in [0.15, 0.2) is 0 Å². The summed E-state index contributed by atoms with van der Waals surface area (Å²) in [5, 5.41) is 0. The maximum Gasteiger partial charge on any atom is 0.302 e. The lowest BCUT2D eigenvalue weighted by atomic mass is 9.60. The Kier molecular flexibility index (Phi) is 3.03. The molecule has 2 heteroatoms. The summed E-state index contributed by atoms with van der Waals surface area (Å²) in [5.74, 6) is 0.684. The van der Waals surface area contributed by atoms with Crippen LogP contribution in [0.2, 0.25) is 0 Å². The van der Waals surface area contributed by atoms with E-state index in [1.807, 2.05) is 0 Å². The number of esters is 1. The van der Waals surface area contributed by atoms with Crippen LogP contribution in [0.15, 0.2) is 0 Å². The predicted octanol–water partition coefficient (Wildman–Crippen LogP) is 3.30. The standard InChI is InChI=1S/C13H22O2/c1-10(14)15-12-6-8-13(2)7-4-3-5-11(13)9-12/h11-12H,3-9H2,1-2H3/t11-,12+,13-/m0/s1. The van der Waals surface area contributed by atoms with Crippen molar-refractivity contribution in [2.45, 2.75) is 64.9 Å². The van der Waals surface area contributed by atoms with Crippen LogP contribution in [0.1, 0.15) is 58.8 Å². The van der Waals surface area contributed by atoms with Gasteiger partial charge < -0.3 is 4.74 Å². The van der Waals surface area contributed by atoms with Crippen LogP contribution in [0.4, 0.5) is 0 Å².